The molecule has 0 radical (unpaired) electrons. The summed E-state index contributed by atoms with van der Waals surface area (Å²) in [5, 5.41) is 10.3. The van der Waals surface area contributed by atoms with Crippen molar-refractivity contribution >= 4 is 11.7 Å². The first-order valence-corrected chi connectivity index (χ1v) is 13.7. The second-order valence-corrected chi connectivity index (χ2v) is 12.2. The molecule has 1 aliphatic carbocycles. The summed E-state index contributed by atoms with van der Waals surface area (Å²) >= 11 is 0. The first-order chi connectivity index (χ1) is 17.5. The number of carboxylic acid groups (broad SMARTS) is 1. The maximum absolute atomic E-state index is 12.6. The Morgan fingerprint density at radius 2 is 1.76 bits per heavy atom. The van der Waals surface area contributed by atoms with E-state index in [4.69, 9.17) is 14.5 Å². The Balaban J connectivity index is 1.78. The molecule has 3 heterocycles. The number of nitrogens with zero attached hydrogens (tertiary/aromatic N) is 3. The van der Waals surface area contributed by atoms with Gasteiger partial charge in [0.25, 0.3) is 0 Å². The van der Waals surface area contributed by atoms with Crippen molar-refractivity contribution in [2.45, 2.75) is 91.8 Å². The molecule has 1 saturated heterocycles. The summed E-state index contributed by atoms with van der Waals surface area (Å²) < 4.78 is 12.0. The van der Waals surface area contributed by atoms with Gasteiger partial charge in [0.1, 0.15) is 5.75 Å². The van der Waals surface area contributed by atoms with Crippen LogP contribution in [0.4, 0.5) is 5.69 Å². The zero-order valence-corrected chi connectivity index (χ0v) is 23.3. The number of hydrogen-bond donors (Lipinski definition) is 1. The van der Waals surface area contributed by atoms with E-state index in [2.05, 4.69) is 23.7 Å². The Hall–Kier alpha value is -2.67. The smallest absolute Gasteiger partial charge is 0.337 e. The first kappa shape index (κ1) is 27.4. The van der Waals surface area contributed by atoms with E-state index in [0.29, 0.717) is 29.2 Å². The van der Waals surface area contributed by atoms with Crippen molar-refractivity contribution in [3.05, 3.63) is 35.8 Å². The van der Waals surface area contributed by atoms with Gasteiger partial charge in [-0.15, -0.1) is 0 Å². The Morgan fingerprint density at radius 1 is 1.08 bits per heavy atom. The van der Waals surface area contributed by atoms with E-state index in [1.54, 1.807) is 6.20 Å². The number of pyridine rings is 2. The molecule has 2 aromatic heterocycles. The van der Waals surface area contributed by atoms with Crippen molar-refractivity contribution in [3.8, 4) is 17.0 Å². The van der Waals surface area contributed by atoms with Gasteiger partial charge < -0.3 is 19.5 Å². The molecule has 0 unspecified atom stereocenters. The minimum atomic E-state index is -1.13. The molecular weight excluding hydrogens is 466 g/mol. The third-order valence-corrected chi connectivity index (χ3v) is 7.65. The summed E-state index contributed by atoms with van der Waals surface area (Å²) in [5.74, 6) is 0.140. The predicted molar refractivity (Wildman–Crippen MR) is 146 cm³/mol. The van der Waals surface area contributed by atoms with Crippen molar-refractivity contribution in [3.63, 3.8) is 0 Å². The van der Waals surface area contributed by atoms with Crippen LogP contribution in [0, 0.1) is 18.3 Å². The molecule has 2 fully saturated rings. The van der Waals surface area contributed by atoms with Crippen molar-refractivity contribution in [2.24, 2.45) is 11.3 Å². The van der Waals surface area contributed by atoms with E-state index >= 15 is 0 Å². The van der Waals surface area contributed by atoms with E-state index in [-0.39, 0.29) is 0 Å². The second-order valence-electron chi connectivity index (χ2n) is 12.2. The van der Waals surface area contributed by atoms with E-state index in [0.717, 1.165) is 48.6 Å². The number of aryl methyl sites for hydroxylation is 1. The molecular formula is C30H43N3O4. The van der Waals surface area contributed by atoms with Crippen molar-refractivity contribution in [2.75, 3.05) is 24.6 Å². The Kier molecular flexibility index (Phi) is 8.12. The molecule has 4 rings (SSSR count). The summed E-state index contributed by atoms with van der Waals surface area (Å²) in [6.45, 7) is 14.2. The van der Waals surface area contributed by atoms with Crippen LogP contribution in [-0.4, -0.2) is 46.3 Å². The Bertz CT molecular complexity index is 1080. The monoisotopic (exact) mass is 509 g/mol. The number of carboxylic acids is 1. The molecule has 1 atom stereocenters. The SMILES string of the molecule is Cc1ncc(-c2ccc(OCC(C)C)cn2)c(N2CCC3(CCCC3)CC2)c1[C@H](OC(C)(C)C)C(=O)O. The highest BCUT2D eigenvalue weighted by Crippen LogP contribution is 2.49. The molecule has 0 aromatic carbocycles. The molecule has 202 valence electrons. The van der Waals surface area contributed by atoms with Crippen LogP contribution in [-0.2, 0) is 9.53 Å². The van der Waals surface area contributed by atoms with Crippen LogP contribution in [0.3, 0.4) is 0 Å². The highest BCUT2D eigenvalue weighted by atomic mass is 16.5. The fraction of sp³-hybridized carbons (Fsp3) is 0.633. The van der Waals surface area contributed by atoms with Gasteiger partial charge in [-0.25, -0.2) is 4.79 Å². The molecule has 1 aliphatic heterocycles. The third-order valence-electron chi connectivity index (χ3n) is 7.65. The zero-order chi connectivity index (χ0) is 26.8. The minimum Gasteiger partial charge on any atom is -0.492 e. The summed E-state index contributed by atoms with van der Waals surface area (Å²) in [5.41, 5.74) is 3.59. The van der Waals surface area contributed by atoms with E-state index < -0.39 is 17.7 Å². The lowest BCUT2D eigenvalue weighted by Gasteiger charge is -2.42. The Labute approximate surface area is 221 Å². The second kappa shape index (κ2) is 11.0. The lowest BCUT2D eigenvalue weighted by atomic mass is 9.76. The van der Waals surface area contributed by atoms with Gasteiger partial charge in [-0.1, -0.05) is 26.7 Å². The number of aromatic nitrogens is 2. The number of rotatable bonds is 8. The van der Waals surface area contributed by atoms with Gasteiger partial charge in [-0.3, -0.25) is 9.97 Å². The molecule has 37 heavy (non-hydrogen) atoms. The molecule has 7 heteroatoms. The number of aliphatic carboxylic acids is 1. The highest BCUT2D eigenvalue weighted by molar-refractivity contribution is 5.85. The molecule has 1 spiro atoms. The van der Waals surface area contributed by atoms with Crippen molar-refractivity contribution < 1.29 is 19.4 Å². The van der Waals surface area contributed by atoms with Crippen LogP contribution in [0.15, 0.2) is 24.5 Å². The number of ether oxygens (including phenoxy) is 2. The van der Waals surface area contributed by atoms with Crippen molar-refractivity contribution in [1.29, 1.82) is 0 Å². The summed E-state index contributed by atoms with van der Waals surface area (Å²) in [4.78, 5) is 24.3. The van der Waals surface area contributed by atoms with Gasteiger partial charge in [0, 0.05) is 36.1 Å². The van der Waals surface area contributed by atoms with Gasteiger partial charge in [-0.05, 0) is 76.8 Å². The van der Waals surface area contributed by atoms with Crippen LogP contribution in [0.25, 0.3) is 11.3 Å². The normalized spacial score (nSPS) is 18.4. The quantitative estimate of drug-likeness (QED) is 0.430. The van der Waals surface area contributed by atoms with Gasteiger partial charge in [0.15, 0.2) is 6.10 Å². The number of hydrogen-bond acceptors (Lipinski definition) is 6. The average molecular weight is 510 g/mol. The summed E-state index contributed by atoms with van der Waals surface area (Å²) in [7, 11) is 0. The predicted octanol–water partition coefficient (Wildman–Crippen LogP) is 6.59. The number of carbonyl (C=O) groups is 1. The largest absolute Gasteiger partial charge is 0.492 e. The maximum Gasteiger partial charge on any atom is 0.337 e. The lowest BCUT2D eigenvalue weighted by molar-refractivity contribution is -0.160. The molecule has 1 N–H and O–H groups in total. The molecule has 2 aliphatic rings. The van der Waals surface area contributed by atoms with E-state index in [1.807, 2.05) is 46.0 Å². The zero-order valence-electron chi connectivity index (χ0n) is 23.3. The fourth-order valence-electron chi connectivity index (χ4n) is 5.75. The third kappa shape index (κ3) is 6.43. The van der Waals surface area contributed by atoms with Gasteiger partial charge in [0.2, 0.25) is 0 Å². The summed E-state index contributed by atoms with van der Waals surface area (Å²) in [6.07, 6.45) is 9.95. The maximum atomic E-state index is 12.6. The highest BCUT2D eigenvalue weighted by Gasteiger charge is 2.40. The average Bonchev–Trinajstić information content (AvgIpc) is 3.29. The van der Waals surface area contributed by atoms with Crippen LogP contribution in [0.2, 0.25) is 0 Å². The molecule has 1 saturated carbocycles. The molecule has 2 aromatic rings. The lowest BCUT2D eigenvalue weighted by Crippen LogP contribution is -2.40. The topological polar surface area (TPSA) is 84.8 Å². The van der Waals surface area contributed by atoms with Gasteiger partial charge in [0.05, 0.1) is 29.8 Å². The van der Waals surface area contributed by atoms with Gasteiger partial charge >= 0.3 is 5.97 Å². The molecule has 7 nitrogen and oxygen atoms in total. The minimum absolute atomic E-state index is 0.424. The van der Waals surface area contributed by atoms with Crippen LogP contribution in [0.1, 0.15) is 90.5 Å². The van der Waals surface area contributed by atoms with Crippen LogP contribution >= 0.6 is 0 Å². The first-order valence-electron chi connectivity index (χ1n) is 13.7. The van der Waals surface area contributed by atoms with E-state index in [1.165, 1.54) is 25.7 Å². The van der Waals surface area contributed by atoms with Crippen molar-refractivity contribution in [1.82, 2.24) is 9.97 Å². The number of piperidine rings is 1. The fourth-order valence-corrected chi connectivity index (χ4v) is 5.75. The van der Waals surface area contributed by atoms with Crippen LogP contribution < -0.4 is 9.64 Å². The van der Waals surface area contributed by atoms with Crippen LogP contribution in [0.5, 0.6) is 5.75 Å². The number of anilines is 1. The summed E-state index contributed by atoms with van der Waals surface area (Å²) in [6, 6.07) is 3.87. The molecule has 0 bridgehead atoms. The Morgan fingerprint density at radius 3 is 2.30 bits per heavy atom. The van der Waals surface area contributed by atoms with E-state index in [9.17, 15) is 9.90 Å². The standard InChI is InChI=1S/C30H43N3O4/c1-20(2)19-36-22-9-10-24(32-17-22)23-18-31-21(3)25(27(28(34)35)37-29(4,5)6)26(23)33-15-13-30(14-16-33)11-7-8-12-30/h9-10,17-18,20,27H,7-8,11-16,19H2,1-6H3,(H,34,35)/t27-/m0/s1. The molecule has 0 amide bonds. The van der Waals surface area contributed by atoms with Gasteiger partial charge in [-0.2, -0.15) is 0 Å².